The molecule has 1 saturated carbocycles. The topological polar surface area (TPSA) is 77.2 Å². The maximum Gasteiger partial charge on any atom is 0.408 e. The fraction of sp³-hybridized carbons (Fsp3) is 0.867. The van der Waals surface area contributed by atoms with Gasteiger partial charge in [-0.25, -0.2) is 9.59 Å². The molecule has 1 aliphatic carbocycles. The van der Waals surface area contributed by atoms with E-state index in [0.717, 1.165) is 0 Å². The molecular weight excluding hydrogens is 274 g/mol. The number of carbonyl (C=O) groups is 2. The van der Waals surface area contributed by atoms with Crippen LogP contribution in [0.2, 0.25) is 0 Å². The van der Waals surface area contributed by atoms with Crippen molar-refractivity contribution < 1.29 is 23.8 Å². The minimum absolute atomic E-state index is 0.0347. The molecule has 21 heavy (non-hydrogen) atoms. The molecule has 120 valence electrons. The molecule has 2 fully saturated rings. The first-order chi connectivity index (χ1) is 9.40. The van der Waals surface area contributed by atoms with Crippen molar-refractivity contribution in [2.24, 2.45) is 0 Å². The first-order valence-corrected chi connectivity index (χ1v) is 7.30. The standard InChI is InChI=1S/C15H25NO5/c1-13(2,3)20-11(17)15(7-9-10(8-15)19-9)16-12(18)21-14(4,5)6/h9-10H,7-8H2,1-6H3,(H,16,18). The van der Waals surface area contributed by atoms with Gasteiger partial charge in [0.1, 0.15) is 16.7 Å². The van der Waals surface area contributed by atoms with Gasteiger partial charge in [0, 0.05) is 12.8 Å². The third-order valence-corrected chi connectivity index (χ3v) is 3.32. The molecule has 2 atom stereocenters. The minimum atomic E-state index is -1.04. The van der Waals surface area contributed by atoms with Crippen molar-refractivity contribution in [2.75, 3.05) is 0 Å². The van der Waals surface area contributed by atoms with Crippen molar-refractivity contribution in [1.82, 2.24) is 5.32 Å². The number of esters is 1. The molecule has 6 nitrogen and oxygen atoms in total. The first kappa shape index (κ1) is 16.1. The highest BCUT2D eigenvalue weighted by Gasteiger charge is 2.61. The number of ether oxygens (including phenoxy) is 3. The second kappa shape index (κ2) is 4.87. The maximum atomic E-state index is 12.5. The second-order valence-electron chi connectivity index (χ2n) is 7.83. The number of carbonyl (C=O) groups excluding carboxylic acids is 2. The minimum Gasteiger partial charge on any atom is -0.458 e. The molecule has 0 aromatic heterocycles. The second-order valence-corrected chi connectivity index (χ2v) is 7.83. The zero-order valence-corrected chi connectivity index (χ0v) is 13.6. The average molecular weight is 299 g/mol. The molecule has 0 aromatic carbocycles. The summed E-state index contributed by atoms with van der Waals surface area (Å²) in [5, 5.41) is 2.72. The van der Waals surface area contributed by atoms with Crippen LogP contribution in [-0.2, 0) is 19.0 Å². The molecule has 0 spiro atoms. The third-order valence-electron chi connectivity index (χ3n) is 3.32. The van der Waals surface area contributed by atoms with E-state index in [9.17, 15) is 9.59 Å². The van der Waals surface area contributed by atoms with Crippen LogP contribution in [0.15, 0.2) is 0 Å². The fourth-order valence-electron chi connectivity index (χ4n) is 2.50. The van der Waals surface area contributed by atoms with Crippen molar-refractivity contribution in [2.45, 2.75) is 83.3 Å². The lowest BCUT2D eigenvalue weighted by Gasteiger charge is -2.33. The van der Waals surface area contributed by atoms with Gasteiger partial charge in [-0.05, 0) is 41.5 Å². The van der Waals surface area contributed by atoms with Crippen molar-refractivity contribution >= 4 is 12.1 Å². The van der Waals surface area contributed by atoms with Gasteiger partial charge in [-0.3, -0.25) is 0 Å². The summed E-state index contributed by atoms with van der Waals surface area (Å²) < 4.78 is 16.1. The Morgan fingerprint density at radius 1 is 1.00 bits per heavy atom. The summed E-state index contributed by atoms with van der Waals surface area (Å²) in [5.74, 6) is -0.420. The van der Waals surface area contributed by atoms with E-state index in [1.165, 1.54) is 0 Å². The number of fused-ring (bicyclic) bond motifs is 1. The number of alkyl carbamates (subject to hydrolysis) is 1. The van der Waals surface area contributed by atoms with Crippen molar-refractivity contribution in [3.63, 3.8) is 0 Å². The van der Waals surface area contributed by atoms with Crippen LogP contribution in [0.1, 0.15) is 54.4 Å². The smallest absolute Gasteiger partial charge is 0.408 e. The first-order valence-electron chi connectivity index (χ1n) is 7.30. The van der Waals surface area contributed by atoms with E-state index in [-0.39, 0.29) is 12.2 Å². The van der Waals surface area contributed by atoms with E-state index >= 15 is 0 Å². The van der Waals surface area contributed by atoms with Crippen LogP contribution < -0.4 is 5.32 Å². The quantitative estimate of drug-likeness (QED) is 0.624. The lowest BCUT2D eigenvalue weighted by molar-refractivity contribution is -0.164. The van der Waals surface area contributed by atoms with E-state index in [1.807, 2.05) is 0 Å². The Bertz CT molecular complexity index is 436. The summed E-state index contributed by atoms with van der Waals surface area (Å²) in [4.78, 5) is 24.5. The van der Waals surface area contributed by atoms with Crippen LogP contribution in [-0.4, -0.2) is 41.0 Å². The summed E-state index contributed by atoms with van der Waals surface area (Å²) in [7, 11) is 0. The van der Waals surface area contributed by atoms with Gasteiger partial charge in [-0.15, -0.1) is 0 Å². The molecular formula is C15H25NO5. The fourth-order valence-corrected chi connectivity index (χ4v) is 2.50. The Morgan fingerprint density at radius 3 is 1.90 bits per heavy atom. The molecule has 0 radical (unpaired) electrons. The molecule has 1 N–H and O–H groups in total. The lowest BCUT2D eigenvalue weighted by Crippen LogP contribution is -2.56. The van der Waals surface area contributed by atoms with Crippen LogP contribution >= 0.6 is 0 Å². The molecule has 2 unspecified atom stereocenters. The molecule has 1 aliphatic heterocycles. The Labute approximate surface area is 125 Å². The molecule has 1 saturated heterocycles. The van der Waals surface area contributed by atoms with E-state index in [2.05, 4.69) is 5.32 Å². The molecule has 1 heterocycles. The number of amides is 1. The molecule has 2 rings (SSSR count). The van der Waals surface area contributed by atoms with Gasteiger partial charge in [0.15, 0.2) is 0 Å². The summed E-state index contributed by atoms with van der Waals surface area (Å²) >= 11 is 0. The molecule has 0 aromatic rings. The summed E-state index contributed by atoms with van der Waals surface area (Å²) in [6.07, 6.45) is 0.340. The van der Waals surface area contributed by atoms with Crippen LogP contribution in [0, 0.1) is 0 Å². The van der Waals surface area contributed by atoms with Gasteiger partial charge in [-0.1, -0.05) is 0 Å². The monoisotopic (exact) mass is 299 g/mol. The highest BCUT2D eigenvalue weighted by Crippen LogP contribution is 2.45. The van der Waals surface area contributed by atoms with Crippen LogP contribution in [0.4, 0.5) is 4.79 Å². The number of hydrogen-bond acceptors (Lipinski definition) is 5. The molecule has 0 bridgehead atoms. The van der Waals surface area contributed by atoms with Crippen LogP contribution in [0.5, 0.6) is 0 Å². The van der Waals surface area contributed by atoms with E-state index in [4.69, 9.17) is 14.2 Å². The predicted octanol–water partition coefficient (Wildman–Crippen LogP) is 2.15. The van der Waals surface area contributed by atoms with Gasteiger partial charge in [-0.2, -0.15) is 0 Å². The van der Waals surface area contributed by atoms with E-state index < -0.39 is 28.8 Å². The third kappa shape index (κ3) is 4.09. The zero-order valence-electron chi connectivity index (χ0n) is 13.6. The number of rotatable bonds is 2. The Hall–Kier alpha value is -1.30. The number of nitrogens with one attached hydrogen (secondary N) is 1. The van der Waals surface area contributed by atoms with E-state index in [0.29, 0.717) is 12.8 Å². The highest BCUT2D eigenvalue weighted by atomic mass is 16.6. The van der Waals surface area contributed by atoms with Gasteiger partial charge in [0.05, 0.1) is 12.2 Å². The highest BCUT2D eigenvalue weighted by molar-refractivity contribution is 5.87. The maximum absolute atomic E-state index is 12.5. The van der Waals surface area contributed by atoms with Gasteiger partial charge in [0.2, 0.25) is 0 Å². The zero-order chi connectivity index (χ0) is 16.1. The Kier molecular flexibility index (Phi) is 3.72. The van der Waals surface area contributed by atoms with E-state index in [1.54, 1.807) is 41.5 Å². The lowest BCUT2D eigenvalue weighted by atomic mass is 9.96. The largest absolute Gasteiger partial charge is 0.458 e. The molecule has 2 aliphatic rings. The van der Waals surface area contributed by atoms with Gasteiger partial charge < -0.3 is 19.5 Å². The van der Waals surface area contributed by atoms with Crippen LogP contribution in [0.25, 0.3) is 0 Å². The van der Waals surface area contributed by atoms with Crippen molar-refractivity contribution in [1.29, 1.82) is 0 Å². The predicted molar refractivity (Wildman–Crippen MR) is 75.8 cm³/mol. The van der Waals surface area contributed by atoms with Gasteiger partial charge in [0.25, 0.3) is 0 Å². The van der Waals surface area contributed by atoms with Crippen LogP contribution in [0.3, 0.4) is 0 Å². The molecule has 1 amide bonds. The number of hydrogen-bond donors (Lipinski definition) is 1. The van der Waals surface area contributed by atoms with Crippen molar-refractivity contribution in [3.05, 3.63) is 0 Å². The average Bonchev–Trinajstić information content (AvgIpc) is 2.81. The SMILES string of the molecule is CC(C)(C)OC(=O)NC1(C(=O)OC(C)(C)C)CC2OC2C1. The Balaban J connectivity index is 2.08. The van der Waals surface area contributed by atoms with Crippen molar-refractivity contribution in [3.8, 4) is 0 Å². The Morgan fingerprint density at radius 2 is 1.48 bits per heavy atom. The summed E-state index contributed by atoms with van der Waals surface area (Å²) in [5.41, 5.74) is -2.26. The normalized spacial score (nSPS) is 31.3. The number of epoxide rings is 1. The van der Waals surface area contributed by atoms with Gasteiger partial charge >= 0.3 is 12.1 Å². The molecule has 6 heteroatoms. The summed E-state index contributed by atoms with van der Waals surface area (Å²) in [6, 6.07) is 0. The summed E-state index contributed by atoms with van der Waals surface area (Å²) in [6.45, 7) is 10.8.